The second-order valence-electron chi connectivity index (χ2n) is 4.34. The van der Waals surface area contributed by atoms with Gasteiger partial charge in [0, 0.05) is 6.54 Å². The van der Waals surface area contributed by atoms with E-state index in [-0.39, 0.29) is 11.7 Å². The molecule has 0 fully saturated rings. The number of fused-ring (bicyclic) bond motifs is 1. The summed E-state index contributed by atoms with van der Waals surface area (Å²) < 4.78 is 0.801. The highest BCUT2D eigenvalue weighted by atomic mass is 32.1. The molecule has 20 heavy (non-hydrogen) atoms. The fraction of sp³-hybridized carbons (Fsp3) is 0.0667. The van der Waals surface area contributed by atoms with E-state index in [1.807, 2.05) is 30.3 Å². The predicted molar refractivity (Wildman–Crippen MR) is 78.9 cm³/mol. The fourth-order valence-corrected chi connectivity index (χ4v) is 2.78. The molecule has 1 amide bonds. The van der Waals surface area contributed by atoms with E-state index in [9.17, 15) is 9.90 Å². The first-order chi connectivity index (χ1) is 9.72. The second kappa shape index (κ2) is 5.30. The average Bonchev–Trinajstić information content (AvgIpc) is 2.89. The van der Waals surface area contributed by atoms with E-state index in [2.05, 4.69) is 10.3 Å². The van der Waals surface area contributed by atoms with Crippen LogP contribution >= 0.6 is 11.3 Å². The van der Waals surface area contributed by atoms with Gasteiger partial charge < -0.3 is 10.4 Å². The van der Waals surface area contributed by atoms with E-state index in [0.717, 1.165) is 15.8 Å². The maximum atomic E-state index is 12.0. The largest absolute Gasteiger partial charge is 0.508 e. The van der Waals surface area contributed by atoms with Crippen molar-refractivity contribution >= 4 is 27.5 Å². The Labute approximate surface area is 119 Å². The van der Waals surface area contributed by atoms with E-state index in [4.69, 9.17) is 0 Å². The molecule has 0 saturated carbocycles. The lowest BCUT2D eigenvalue weighted by Gasteiger charge is -2.02. The topological polar surface area (TPSA) is 62.2 Å². The number of nitrogens with one attached hydrogen (secondary N) is 1. The van der Waals surface area contributed by atoms with Crippen molar-refractivity contribution in [1.82, 2.24) is 10.3 Å². The van der Waals surface area contributed by atoms with Crippen LogP contribution in [0.3, 0.4) is 0 Å². The lowest BCUT2D eigenvalue weighted by molar-refractivity contribution is 0.0950. The number of rotatable bonds is 3. The van der Waals surface area contributed by atoms with Crippen molar-refractivity contribution in [2.45, 2.75) is 6.54 Å². The van der Waals surface area contributed by atoms with Gasteiger partial charge in [0.15, 0.2) is 5.01 Å². The summed E-state index contributed by atoms with van der Waals surface area (Å²) in [6.45, 7) is 0.473. The highest BCUT2D eigenvalue weighted by Gasteiger charge is 2.12. The Hall–Kier alpha value is -2.40. The van der Waals surface area contributed by atoms with Gasteiger partial charge in [-0.15, -0.1) is 11.3 Å². The molecule has 3 aromatic rings. The number of carbonyl (C=O) groups excluding carboxylic acids is 1. The molecule has 0 saturated heterocycles. The SMILES string of the molecule is O=C(NCc1ccccc1)c1nc2ccc(O)cc2s1. The molecule has 2 aromatic carbocycles. The first-order valence-corrected chi connectivity index (χ1v) is 6.96. The van der Waals surface area contributed by atoms with Crippen LogP contribution in [0.1, 0.15) is 15.4 Å². The molecule has 5 heteroatoms. The lowest BCUT2D eigenvalue weighted by atomic mass is 10.2. The number of thiazole rings is 1. The van der Waals surface area contributed by atoms with Crippen LogP contribution in [0, 0.1) is 0 Å². The van der Waals surface area contributed by atoms with Crippen molar-refractivity contribution in [3.05, 3.63) is 59.1 Å². The Morgan fingerprint density at radius 2 is 2.00 bits per heavy atom. The summed E-state index contributed by atoms with van der Waals surface area (Å²) in [4.78, 5) is 16.3. The number of hydrogen-bond acceptors (Lipinski definition) is 4. The summed E-state index contributed by atoms with van der Waals surface area (Å²) in [7, 11) is 0. The molecule has 0 bridgehead atoms. The van der Waals surface area contributed by atoms with Crippen molar-refractivity contribution in [3.63, 3.8) is 0 Å². The number of phenolic OH excluding ortho intramolecular Hbond substituents is 1. The molecule has 0 spiro atoms. The number of benzene rings is 2. The molecular weight excluding hydrogens is 272 g/mol. The molecular formula is C15H12N2O2S. The molecule has 4 nitrogen and oxygen atoms in total. The summed E-state index contributed by atoms with van der Waals surface area (Å²) in [6, 6.07) is 14.6. The van der Waals surface area contributed by atoms with Gasteiger partial charge >= 0.3 is 0 Å². The Bertz CT molecular complexity index is 753. The summed E-state index contributed by atoms with van der Waals surface area (Å²) in [5.41, 5.74) is 1.76. The highest BCUT2D eigenvalue weighted by molar-refractivity contribution is 7.20. The predicted octanol–water partition coefficient (Wildman–Crippen LogP) is 2.93. The third kappa shape index (κ3) is 2.62. The monoisotopic (exact) mass is 284 g/mol. The molecule has 0 aliphatic heterocycles. The molecule has 2 N–H and O–H groups in total. The molecule has 0 radical (unpaired) electrons. The van der Waals surface area contributed by atoms with Gasteiger partial charge in [-0.2, -0.15) is 0 Å². The summed E-state index contributed by atoms with van der Waals surface area (Å²) in [6.07, 6.45) is 0. The highest BCUT2D eigenvalue weighted by Crippen LogP contribution is 2.25. The standard InChI is InChI=1S/C15H12N2O2S/c18-11-6-7-12-13(8-11)20-15(17-12)14(19)16-9-10-4-2-1-3-5-10/h1-8,18H,9H2,(H,16,19). The quantitative estimate of drug-likeness (QED) is 0.777. The molecule has 0 aliphatic carbocycles. The van der Waals surface area contributed by atoms with E-state index < -0.39 is 0 Å². The zero-order valence-electron chi connectivity index (χ0n) is 10.5. The molecule has 0 atom stereocenters. The summed E-state index contributed by atoms with van der Waals surface area (Å²) in [5, 5.41) is 12.6. The number of aromatic hydroxyl groups is 1. The second-order valence-corrected chi connectivity index (χ2v) is 5.37. The number of aromatic nitrogens is 1. The molecule has 1 aromatic heterocycles. The molecule has 0 aliphatic rings. The lowest BCUT2D eigenvalue weighted by Crippen LogP contribution is -2.22. The Morgan fingerprint density at radius 3 is 2.80 bits per heavy atom. The van der Waals surface area contributed by atoms with Crippen molar-refractivity contribution < 1.29 is 9.90 Å². The molecule has 3 rings (SSSR count). The normalized spacial score (nSPS) is 10.6. The van der Waals surface area contributed by atoms with Crippen molar-refractivity contribution in [3.8, 4) is 5.75 Å². The third-order valence-electron chi connectivity index (χ3n) is 2.86. The number of hydrogen-bond donors (Lipinski definition) is 2. The van der Waals surface area contributed by atoms with Crippen molar-refractivity contribution in [1.29, 1.82) is 0 Å². The number of nitrogens with zero attached hydrogens (tertiary/aromatic N) is 1. The minimum absolute atomic E-state index is 0.178. The minimum Gasteiger partial charge on any atom is -0.508 e. The molecule has 0 unspecified atom stereocenters. The van der Waals surface area contributed by atoms with Crippen LogP contribution in [-0.4, -0.2) is 16.0 Å². The summed E-state index contributed by atoms with van der Waals surface area (Å²) >= 11 is 1.27. The smallest absolute Gasteiger partial charge is 0.280 e. The van der Waals surface area contributed by atoms with E-state index in [0.29, 0.717) is 11.6 Å². The zero-order valence-corrected chi connectivity index (χ0v) is 11.4. The Morgan fingerprint density at radius 1 is 1.20 bits per heavy atom. The van der Waals surface area contributed by atoms with Gasteiger partial charge in [0.2, 0.25) is 0 Å². The molecule has 1 heterocycles. The van der Waals surface area contributed by atoms with Crippen LogP contribution in [0.5, 0.6) is 5.75 Å². The van der Waals surface area contributed by atoms with Gasteiger partial charge in [0.25, 0.3) is 5.91 Å². The van der Waals surface area contributed by atoms with Crippen LogP contribution in [-0.2, 0) is 6.54 Å². The maximum absolute atomic E-state index is 12.0. The van der Waals surface area contributed by atoms with Gasteiger partial charge in [-0.05, 0) is 23.8 Å². The van der Waals surface area contributed by atoms with Crippen LogP contribution in [0.25, 0.3) is 10.2 Å². The van der Waals surface area contributed by atoms with Crippen molar-refractivity contribution in [2.75, 3.05) is 0 Å². The van der Waals surface area contributed by atoms with Gasteiger partial charge in [0.05, 0.1) is 10.2 Å². The van der Waals surface area contributed by atoms with Crippen LogP contribution in [0.4, 0.5) is 0 Å². The first kappa shape index (κ1) is 12.6. The van der Waals surface area contributed by atoms with E-state index in [1.54, 1.807) is 18.2 Å². The maximum Gasteiger partial charge on any atom is 0.280 e. The third-order valence-corrected chi connectivity index (χ3v) is 3.88. The minimum atomic E-state index is -0.199. The van der Waals surface area contributed by atoms with Crippen molar-refractivity contribution in [2.24, 2.45) is 0 Å². The van der Waals surface area contributed by atoms with Gasteiger partial charge in [-0.25, -0.2) is 4.98 Å². The fourth-order valence-electron chi connectivity index (χ4n) is 1.86. The Balaban J connectivity index is 1.75. The van der Waals surface area contributed by atoms with Gasteiger partial charge in [-0.3, -0.25) is 4.79 Å². The number of phenols is 1. The van der Waals surface area contributed by atoms with Gasteiger partial charge in [-0.1, -0.05) is 30.3 Å². The first-order valence-electron chi connectivity index (χ1n) is 6.14. The Kier molecular flexibility index (Phi) is 3.35. The van der Waals surface area contributed by atoms with Crippen LogP contribution in [0.15, 0.2) is 48.5 Å². The molecule has 100 valence electrons. The number of carbonyl (C=O) groups is 1. The summed E-state index contributed by atoms with van der Waals surface area (Å²) in [5.74, 6) is -0.0214. The van der Waals surface area contributed by atoms with Crippen LogP contribution in [0.2, 0.25) is 0 Å². The average molecular weight is 284 g/mol. The van der Waals surface area contributed by atoms with E-state index in [1.165, 1.54) is 11.3 Å². The van der Waals surface area contributed by atoms with Crippen LogP contribution < -0.4 is 5.32 Å². The van der Waals surface area contributed by atoms with E-state index >= 15 is 0 Å². The number of amides is 1. The van der Waals surface area contributed by atoms with Gasteiger partial charge in [0.1, 0.15) is 5.75 Å². The zero-order chi connectivity index (χ0) is 13.9.